The van der Waals surface area contributed by atoms with E-state index in [-0.39, 0.29) is 5.41 Å². The van der Waals surface area contributed by atoms with Gasteiger partial charge in [-0.2, -0.15) is 0 Å². The largest absolute Gasteiger partial charge is 0.491 e. The maximum absolute atomic E-state index is 10.4. The first-order valence-electron chi connectivity index (χ1n) is 9.29. The van der Waals surface area contributed by atoms with Gasteiger partial charge in [0.05, 0.1) is 0 Å². The minimum atomic E-state index is -0.448. The fraction of sp³-hybridized carbons (Fsp3) is 0.714. The predicted octanol–water partition coefficient (Wildman–Crippen LogP) is 4.01. The van der Waals surface area contributed by atoms with E-state index in [2.05, 4.69) is 58.6 Å². The van der Waals surface area contributed by atoms with Gasteiger partial charge in [0.1, 0.15) is 18.5 Å². The monoisotopic (exact) mass is 333 g/mol. The van der Waals surface area contributed by atoms with Crippen LogP contribution in [0.3, 0.4) is 0 Å². The molecule has 0 saturated carbocycles. The van der Waals surface area contributed by atoms with Crippen molar-refractivity contribution in [2.45, 2.75) is 59.5 Å². The van der Waals surface area contributed by atoms with E-state index in [0.29, 0.717) is 25.0 Å². The van der Waals surface area contributed by atoms with Crippen molar-refractivity contribution in [3.8, 4) is 5.75 Å². The number of aliphatic hydroxyl groups is 1. The van der Waals surface area contributed by atoms with E-state index in [1.807, 2.05) is 6.07 Å². The van der Waals surface area contributed by atoms with Crippen molar-refractivity contribution in [3.63, 3.8) is 0 Å². The number of nitrogens with zero attached hydrogens (tertiary/aromatic N) is 1. The zero-order valence-electron chi connectivity index (χ0n) is 16.3. The van der Waals surface area contributed by atoms with Crippen LogP contribution in [0.2, 0.25) is 0 Å². The molecule has 0 amide bonds. The van der Waals surface area contributed by atoms with Gasteiger partial charge in [0.2, 0.25) is 0 Å². The van der Waals surface area contributed by atoms with Gasteiger partial charge in [-0.1, -0.05) is 52.3 Å². The minimum Gasteiger partial charge on any atom is -0.491 e. The second kappa shape index (κ2) is 7.88. The minimum absolute atomic E-state index is 0.0318. The van der Waals surface area contributed by atoms with E-state index < -0.39 is 6.10 Å². The Bertz CT molecular complexity index is 525. The number of aryl methyl sites for hydroxylation is 1. The Kier molecular flexibility index (Phi) is 6.33. The van der Waals surface area contributed by atoms with Gasteiger partial charge in [-0.15, -0.1) is 0 Å². The SMILES string of the molecule is Cc1ccc(OC[C@H](O)CN2C[C@H](C)C[C@@H](C)C2)c(C(C)(C)C)c1. The molecule has 1 aromatic rings. The average molecular weight is 334 g/mol. The van der Waals surface area contributed by atoms with Crippen molar-refractivity contribution in [1.29, 1.82) is 0 Å². The Morgan fingerprint density at radius 1 is 1.21 bits per heavy atom. The normalized spacial score (nSPS) is 24.0. The molecule has 0 bridgehead atoms. The molecule has 1 N–H and O–H groups in total. The van der Waals surface area contributed by atoms with Gasteiger partial charge in [-0.25, -0.2) is 0 Å². The Morgan fingerprint density at radius 3 is 2.42 bits per heavy atom. The summed E-state index contributed by atoms with van der Waals surface area (Å²) in [6.45, 7) is 16.5. The van der Waals surface area contributed by atoms with Crippen LogP contribution < -0.4 is 4.74 Å². The molecule has 24 heavy (non-hydrogen) atoms. The Hall–Kier alpha value is -1.06. The molecule has 0 aliphatic carbocycles. The molecule has 1 aliphatic rings. The summed E-state index contributed by atoms with van der Waals surface area (Å²) >= 11 is 0. The van der Waals surface area contributed by atoms with Gasteiger partial charge in [0, 0.05) is 19.6 Å². The van der Waals surface area contributed by atoms with E-state index >= 15 is 0 Å². The molecule has 0 unspecified atom stereocenters. The maximum atomic E-state index is 10.4. The molecular formula is C21H35NO2. The molecule has 3 heteroatoms. The van der Waals surface area contributed by atoms with Gasteiger partial charge in [0.25, 0.3) is 0 Å². The topological polar surface area (TPSA) is 32.7 Å². The van der Waals surface area contributed by atoms with E-state index in [0.717, 1.165) is 18.8 Å². The summed E-state index contributed by atoms with van der Waals surface area (Å²) in [6.07, 6.45) is 0.845. The van der Waals surface area contributed by atoms with Crippen LogP contribution in [0.1, 0.15) is 52.2 Å². The number of likely N-dealkylation sites (tertiary alicyclic amines) is 1. The quantitative estimate of drug-likeness (QED) is 0.884. The number of hydrogen-bond donors (Lipinski definition) is 1. The molecule has 0 spiro atoms. The lowest BCUT2D eigenvalue weighted by Gasteiger charge is -2.36. The number of ether oxygens (including phenoxy) is 1. The summed E-state index contributed by atoms with van der Waals surface area (Å²) in [7, 11) is 0. The van der Waals surface area contributed by atoms with E-state index in [1.54, 1.807) is 0 Å². The van der Waals surface area contributed by atoms with Crippen LogP contribution >= 0.6 is 0 Å². The highest BCUT2D eigenvalue weighted by molar-refractivity contribution is 5.41. The maximum Gasteiger partial charge on any atom is 0.123 e. The van der Waals surface area contributed by atoms with Crippen molar-refractivity contribution in [3.05, 3.63) is 29.3 Å². The first-order valence-corrected chi connectivity index (χ1v) is 9.29. The standard InChI is InChI=1S/C21H35NO2/c1-15-7-8-20(19(10-15)21(4,5)6)24-14-18(23)13-22-11-16(2)9-17(3)12-22/h7-8,10,16-18,23H,9,11-14H2,1-6H3/t16-,17-,18-/m1/s1. The van der Waals surface area contributed by atoms with Gasteiger partial charge in [0.15, 0.2) is 0 Å². The molecular weight excluding hydrogens is 298 g/mol. The highest BCUT2D eigenvalue weighted by Crippen LogP contribution is 2.32. The zero-order valence-corrected chi connectivity index (χ0v) is 16.3. The fourth-order valence-electron chi connectivity index (χ4n) is 3.83. The van der Waals surface area contributed by atoms with Crippen LogP contribution in [-0.2, 0) is 5.41 Å². The fourth-order valence-corrected chi connectivity index (χ4v) is 3.83. The molecule has 1 aromatic carbocycles. The number of hydrogen-bond acceptors (Lipinski definition) is 3. The second-order valence-electron chi connectivity index (χ2n) is 8.88. The summed E-state index contributed by atoms with van der Waals surface area (Å²) in [4.78, 5) is 2.38. The van der Waals surface area contributed by atoms with Crippen LogP contribution in [0, 0.1) is 18.8 Å². The third kappa shape index (κ3) is 5.49. The Labute approximate surface area is 148 Å². The molecule has 3 atom stereocenters. The number of aliphatic hydroxyl groups excluding tert-OH is 1. The summed E-state index contributed by atoms with van der Waals surface area (Å²) in [5.41, 5.74) is 2.48. The highest BCUT2D eigenvalue weighted by Gasteiger charge is 2.24. The molecule has 1 fully saturated rings. The summed E-state index contributed by atoms with van der Waals surface area (Å²) in [5, 5.41) is 10.4. The molecule has 3 nitrogen and oxygen atoms in total. The molecule has 136 valence electrons. The lowest BCUT2D eigenvalue weighted by atomic mass is 9.85. The van der Waals surface area contributed by atoms with Crippen LogP contribution in [-0.4, -0.2) is 42.4 Å². The van der Waals surface area contributed by atoms with E-state index in [1.165, 1.54) is 17.5 Å². The number of piperidine rings is 1. The van der Waals surface area contributed by atoms with Crippen LogP contribution in [0.15, 0.2) is 18.2 Å². The Morgan fingerprint density at radius 2 is 1.83 bits per heavy atom. The summed E-state index contributed by atoms with van der Waals surface area (Å²) in [6, 6.07) is 6.30. The molecule has 0 aromatic heterocycles. The molecule has 2 rings (SSSR count). The highest BCUT2D eigenvalue weighted by atomic mass is 16.5. The van der Waals surface area contributed by atoms with Crippen LogP contribution in [0.5, 0.6) is 5.75 Å². The molecule has 1 saturated heterocycles. The first-order chi connectivity index (χ1) is 11.1. The van der Waals surface area contributed by atoms with Crippen molar-refractivity contribution >= 4 is 0 Å². The summed E-state index contributed by atoms with van der Waals surface area (Å²) in [5.74, 6) is 2.32. The van der Waals surface area contributed by atoms with E-state index in [9.17, 15) is 5.11 Å². The van der Waals surface area contributed by atoms with E-state index in [4.69, 9.17) is 4.74 Å². The summed E-state index contributed by atoms with van der Waals surface area (Å²) < 4.78 is 6.00. The van der Waals surface area contributed by atoms with Gasteiger partial charge >= 0.3 is 0 Å². The Balaban J connectivity index is 1.93. The zero-order chi connectivity index (χ0) is 17.9. The lowest BCUT2D eigenvalue weighted by Crippen LogP contribution is -2.44. The van der Waals surface area contributed by atoms with Gasteiger partial charge in [-0.05, 0) is 42.2 Å². The third-order valence-electron chi connectivity index (χ3n) is 4.79. The number of benzene rings is 1. The average Bonchev–Trinajstić information content (AvgIpc) is 2.43. The van der Waals surface area contributed by atoms with Crippen LogP contribution in [0.4, 0.5) is 0 Å². The molecule has 0 radical (unpaired) electrons. The van der Waals surface area contributed by atoms with Gasteiger partial charge in [-0.3, -0.25) is 0 Å². The molecule has 1 aliphatic heterocycles. The van der Waals surface area contributed by atoms with Crippen molar-refractivity contribution in [2.24, 2.45) is 11.8 Å². The number of β-amino-alcohol motifs (C(OH)–C–C–N with tert-alkyl or cyclic N) is 1. The predicted molar refractivity (Wildman–Crippen MR) is 101 cm³/mol. The lowest BCUT2D eigenvalue weighted by molar-refractivity contribution is 0.0424. The van der Waals surface area contributed by atoms with Gasteiger partial charge < -0.3 is 14.7 Å². The molecule has 1 heterocycles. The smallest absolute Gasteiger partial charge is 0.123 e. The second-order valence-corrected chi connectivity index (χ2v) is 8.88. The number of rotatable bonds is 5. The van der Waals surface area contributed by atoms with Crippen molar-refractivity contribution in [1.82, 2.24) is 4.90 Å². The van der Waals surface area contributed by atoms with Crippen molar-refractivity contribution < 1.29 is 9.84 Å². The van der Waals surface area contributed by atoms with Crippen LogP contribution in [0.25, 0.3) is 0 Å². The first kappa shape index (κ1) is 19.3. The van der Waals surface area contributed by atoms with Crippen molar-refractivity contribution in [2.75, 3.05) is 26.2 Å². The third-order valence-corrected chi connectivity index (χ3v) is 4.79.